The predicted molar refractivity (Wildman–Crippen MR) is 95.1 cm³/mol. The van der Waals surface area contributed by atoms with Crippen LogP contribution in [0.1, 0.15) is 38.5 Å². The normalized spacial score (nSPS) is 30.9. The lowest BCUT2D eigenvalue weighted by molar-refractivity contribution is -0.140. The van der Waals surface area contributed by atoms with Crippen LogP contribution in [0.3, 0.4) is 0 Å². The molecule has 3 aliphatic rings. The van der Waals surface area contributed by atoms with Crippen LogP contribution in [-0.2, 0) is 16.1 Å². The maximum Gasteiger partial charge on any atom is 0.237 e. The van der Waals surface area contributed by atoms with E-state index in [1.807, 2.05) is 16.9 Å². The van der Waals surface area contributed by atoms with Gasteiger partial charge in [0.05, 0.1) is 25.8 Å². The van der Waals surface area contributed by atoms with E-state index in [-0.39, 0.29) is 6.10 Å². The first kappa shape index (κ1) is 17.0. The minimum atomic E-state index is 0.116. The third-order valence-electron chi connectivity index (χ3n) is 6.10. The maximum atomic E-state index is 13.0. The molecule has 0 aromatic carbocycles. The zero-order chi connectivity index (χ0) is 17.1. The van der Waals surface area contributed by atoms with E-state index in [9.17, 15) is 4.79 Å². The molecule has 4 rings (SSSR count). The van der Waals surface area contributed by atoms with E-state index in [1.54, 1.807) is 6.20 Å². The zero-order valence-corrected chi connectivity index (χ0v) is 15.1. The van der Waals surface area contributed by atoms with E-state index in [1.165, 1.54) is 38.5 Å². The molecule has 0 unspecified atom stereocenters. The van der Waals surface area contributed by atoms with Gasteiger partial charge in [-0.25, -0.2) is 0 Å². The molecular formula is C19H30N4O2. The number of aromatic nitrogens is 2. The van der Waals surface area contributed by atoms with Crippen LogP contribution in [0.25, 0.3) is 0 Å². The summed E-state index contributed by atoms with van der Waals surface area (Å²) in [5.41, 5.74) is 0. The van der Waals surface area contributed by atoms with Gasteiger partial charge in [0.15, 0.2) is 0 Å². The van der Waals surface area contributed by atoms with Crippen LogP contribution < -0.4 is 0 Å². The molecule has 6 nitrogen and oxygen atoms in total. The van der Waals surface area contributed by atoms with Gasteiger partial charge in [-0.2, -0.15) is 5.10 Å². The van der Waals surface area contributed by atoms with E-state index >= 15 is 0 Å². The Morgan fingerprint density at radius 3 is 2.92 bits per heavy atom. The van der Waals surface area contributed by atoms with E-state index in [0.29, 0.717) is 25.1 Å². The van der Waals surface area contributed by atoms with E-state index in [2.05, 4.69) is 14.9 Å². The Balaban J connectivity index is 1.32. The first-order valence-electron chi connectivity index (χ1n) is 9.90. The van der Waals surface area contributed by atoms with Crippen molar-refractivity contribution in [1.29, 1.82) is 0 Å². The van der Waals surface area contributed by atoms with Gasteiger partial charge in [-0.3, -0.25) is 14.4 Å². The molecule has 0 spiro atoms. The Hall–Kier alpha value is -1.40. The van der Waals surface area contributed by atoms with Crippen molar-refractivity contribution in [3.8, 4) is 0 Å². The molecule has 1 aliphatic carbocycles. The highest BCUT2D eigenvalue weighted by atomic mass is 16.5. The van der Waals surface area contributed by atoms with Crippen LogP contribution in [0.2, 0.25) is 0 Å². The molecule has 1 aromatic rings. The predicted octanol–water partition coefficient (Wildman–Crippen LogP) is 1.77. The number of fused-ring (bicyclic) bond motifs is 1. The number of carbonyl (C=O) groups is 1. The molecule has 138 valence electrons. The zero-order valence-electron chi connectivity index (χ0n) is 15.1. The fraction of sp³-hybridized carbons (Fsp3) is 0.789. The van der Waals surface area contributed by atoms with Gasteiger partial charge in [0.1, 0.15) is 0 Å². The lowest BCUT2D eigenvalue weighted by Gasteiger charge is -2.45. The molecule has 2 aliphatic heterocycles. The third kappa shape index (κ3) is 4.06. The molecule has 0 radical (unpaired) electrons. The van der Waals surface area contributed by atoms with Crippen molar-refractivity contribution in [2.24, 2.45) is 5.92 Å². The fourth-order valence-electron chi connectivity index (χ4n) is 4.87. The van der Waals surface area contributed by atoms with Crippen molar-refractivity contribution in [1.82, 2.24) is 19.6 Å². The minimum Gasteiger partial charge on any atom is -0.374 e. The Kier molecular flexibility index (Phi) is 5.36. The summed E-state index contributed by atoms with van der Waals surface area (Å²) in [7, 11) is 0. The summed E-state index contributed by atoms with van der Waals surface area (Å²) >= 11 is 0. The molecule has 1 aromatic heterocycles. The summed E-state index contributed by atoms with van der Waals surface area (Å²) in [4.78, 5) is 17.5. The number of likely N-dealkylation sites (tertiary alicyclic amines) is 1. The minimum absolute atomic E-state index is 0.116. The average molecular weight is 346 g/mol. The van der Waals surface area contributed by atoms with Gasteiger partial charge in [-0.05, 0) is 37.7 Å². The van der Waals surface area contributed by atoms with Crippen molar-refractivity contribution in [2.75, 3.05) is 32.8 Å². The summed E-state index contributed by atoms with van der Waals surface area (Å²) in [6.45, 7) is 4.62. The third-order valence-corrected chi connectivity index (χ3v) is 6.10. The van der Waals surface area contributed by atoms with E-state index in [4.69, 9.17) is 4.74 Å². The molecule has 25 heavy (non-hydrogen) atoms. The number of rotatable bonds is 4. The van der Waals surface area contributed by atoms with Crippen molar-refractivity contribution in [2.45, 2.75) is 57.2 Å². The molecule has 6 heteroatoms. The van der Waals surface area contributed by atoms with Crippen LogP contribution in [-0.4, -0.2) is 70.4 Å². The molecule has 0 N–H and O–H groups in total. The molecule has 3 fully saturated rings. The first-order valence-corrected chi connectivity index (χ1v) is 9.90. The molecule has 1 amide bonds. The Labute approximate surface area is 150 Å². The monoisotopic (exact) mass is 346 g/mol. The second-order valence-corrected chi connectivity index (χ2v) is 7.80. The van der Waals surface area contributed by atoms with Crippen LogP contribution in [0.15, 0.2) is 18.5 Å². The largest absolute Gasteiger partial charge is 0.374 e. The number of carbonyl (C=O) groups excluding carboxylic acids is 1. The average Bonchev–Trinajstić information content (AvgIpc) is 3.14. The lowest BCUT2D eigenvalue weighted by atomic mass is 9.78. The van der Waals surface area contributed by atoms with Crippen LogP contribution >= 0.6 is 0 Å². The number of amides is 1. The number of hydrogen-bond donors (Lipinski definition) is 0. The second kappa shape index (κ2) is 7.87. The smallest absolute Gasteiger partial charge is 0.237 e. The Morgan fingerprint density at radius 2 is 2.04 bits per heavy atom. The molecular weight excluding hydrogens is 316 g/mol. The molecule has 3 atom stereocenters. The summed E-state index contributed by atoms with van der Waals surface area (Å²) in [6, 6.07) is 2.44. The number of morpholine rings is 1. The Bertz CT molecular complexity index is 560. The maximum absolute atomic E-state index is 13.0. The molecule has 2 saturated heterocycles. The quantitative estimate of drug-likeness (QED) is 0.834. The SMILES string of the molecule is O=C(CN1CCO[C@H](Cn2cccn2)C1)N1CCC[C@@H]2CCCC[C@H]21. The van der Waals surface area contributed by atoms with Crippen molar-refractivity contribution < 1.29 is 9.53 Å². The van der Waals surface area contributed by atoms with Crippen LogP contribution in [0, 0.1) is 5.92 Å². The highest BCUT2D eigenvalue weighted by Gasteiger charge is 2.36. The summed E-state index contributed by atoms with van der Waals surface area (Å²) in [6.07, 6.45) is 11.5. The van der Waals surface area contributed by atoms with Crippen LogP contribution in [0.4, 0.5) is 0 Å². The summed E-state index contributed by atoms with van der Waals surface area (Å²) in [5.74, 6) is 1.08. The first-order chi connectivity index (χ1) is 12.3. The van der Waals surface area contributed by atoms with Gasteiger partial charge in [-0.15, -0.1) is 0 Å². The number of nitrogens with zero attached hydrogens (tertiary/aromatic N) is 4. The summed E-state index contributed by atoms with van der Waals surface area (Å²) < 4.78 is 7.78. The molecule has 0 bridgehead atoms. The van der Waals surface area contributed by atoms with Crippen molar-refractivity contribution >= 4 is 5.91 Å². The Morgan fingerprint density at radius 1 is 1.16 bits per heavy atom. The van der Waals surface area contributed by atoms with Gasteiger partial charge in [0.2, 0.25) is 5.91 Å². The lowest BCUT2D eigenvalue weighted by Crippen LogP contribution is -2.54. The van der Waals surface area contributed by atoms with E-state index < -0.39 is 0 Å². The number of hydrogen-bond acceptors (Lipinski definition) is 4. The number of ether oxygens (including phenoxy) is 1. The van der Waals surface area contributed by atoms with Gasteiger partial charge < -0.3 is 9.64 Å². The standard InChI is InChI=1S/C19H30N4O2/c24-19(23-10-3-6-16-5-1-2-7-18(16)23)15-21-11-12-25-17(13-21)14-22-9-4-8-20-22/h4,8-9,16-18H,1-3,5-7,10-15H2/t16-,17-,18+/m0/s1. The van der Waals surface area contributed by atoms with Gasteiger partial charge in [0, 0.05) is 38.1 Å². The van der Waals surface area contributed by atoms with Gasteiger partial charge in [0.25, 0.3) is 0 Å². The summed E-state index contributed by atoms with van der Waals surface area (Å²) in [5, 5.41) is 4.26. The van der Waals surface area contributed by atoms with Gasteiger partial charge in [-0.1, -0.05) is 12.8 Å². The highest BCUT2D eigenvalue weighted by molar-refractivity contribution is 5.78. The second-order valence-electron chi connectivity index (χ2n) is 7.80. The van der Waals surface area contributed by atoms with Crippen LogP contribution in [0.5, 0.6) is 0 Å². The van der Waals surface area contributed by atoms with Gasteiger partial charge >= 0.3 is 0 Å². The topological polar surface area (TPSA) is 50.6 Å². The molecule has 3 heterocycles. The highest BCUT2D eigenvalue weighted by Crippen LogP contribution is 2.35. The van der Waals surface area contributed by atoms with Crippen molar-refractivity contribution in [3.05, 3.63) is 18.5 Å². The molecule has 1 saturated carbocycles. The van der Waals surface area contributed by atoms with Crippen molar-refractivity contribution in [3.63, 3.8) is 0 Å². The van der Waals surface area contributed by atoms with E-state index in [0.717, 1.165) is 32.1 Å². The fourth-order valence-corrected chi connectivity index (χ4v) is 4.87. The number of piperidine rings is 1.